The molecule has 120 valence electrons. The molecule has 1 fully saturated rings. The summed E-state index contributed by atoms with van der Waals surface area (Å²) >= 11 is 0. The van der Waals surface area contributed by atoms with Gasteiger partial charge >= 0.3 is 0 Å². The molecule has 1 N–H and O–H groups in total. The van der Waals surface area contributed by atoms with E-state index in [0.29, 0.717) is 25.2 Å². The van der Waals surface area contributed by atoms with Gasteiger partial charge in [-0.15, -0.1) is 0 Å². The first-order chi connectivity index (χ1) is 10.6. The number of fused-ring (bicyclic) bond motifs is 1. The Labute approximate surface area is 130 Å². The van der Waals surface area contributed by atoms with Crippen LogP contribution in [-0.2, 0) is 19.5 Å². The topological polar surface area (TPSA) is 57.6 Å². The van der Waals surface area contributed by atoms with Gasteiger partial charge in [0.1, 0.15) is 5.56 Å². The Bertz CT molecular complexity index is 632. The molecular weight excluding hydrogens is 280 g/mol. The number of rotatable bonds is 2. The van der Waals surface area contributed by atoms with E-state index in [0.717, 1.165) is 43.9 Å². The van der Waals surface area contributed by atoms with Crippen LogP contribution in [0, 0.1) is 0 Å². The van der Waals surface area contributed by atoms with Crippen molar-refractivity contribution in [3.05, 3.63) is 33.2 Å². The number of nitrogens with zero attached hydrogens (tertiary/aromatic N) is 3. The van der Waals surface area contributed by atoms with Crippen molar-refractivity contribution in [2.75, 3.05) is 39.8 Å². The molecule has 3 heterocycles. The Kier molecular flexibility index (Phi) is 4.31. The zero-order valence-electron chi connectivity index (χ0n) is 13.4. The quantitative estimate of drug-likeness (QED) is 0.829. The third kappa shape index (κ3) is 2.68. The summed E-state index contributed by atoms with van der Waals surface area (Å²) in [5.74, 6) is -0.121. The predicted molar refractivity (Wildman–Crippen MR) is 85.2 cm³/mol. The molecule has 0 saturated carbocycles. The molecule has 2 aliphatic heterocycles. The van der Waals surface area contributed by atoms with Gasteiger partial charge in [0.15, 0.2) is 0 Å². The van der Waals surface area contributed by atoms with Crippen LogP contribution in [0.4, 0.5) is 0 Å². The molecule has 1 amide bonds. The molecule has 22 heavy (non-hydrogen) atoms. The molecule has 0 radical (unpaired) electrons. The number of nitrogens with one attached hydrogen (secondary N) is 1. The fraction of sp³-hybridized carbons (Fsp3) is 0.625. The summed E-state index contributed by atoms with van der Waals surface area (Å²) in [5, 5.41) is 3.23. The number of carbonyl (C=O) groups is 1. The van der Waals surface area contributed by atoms with Gasteiger partial charge in [-0.05, 0) is 25.6 Å². The maximum Gasteiger partial charge on any atom is 0.263 e. The van der Waals surface area contributed by atoms with Gasteiger partial charge in [0, 0.05) is 57.9 Å². The summed E-state index contributed by atoms with van der Waals surface area (Å²) in [4.78, 5) is 29.5. The highest BCUT2D eigenvalue weighted by Gasteiger charge is 2.25. The number of hydrogen-bond donors (Lipinski definition) is 1. The first-order valence-electron chi connectivity index (χ1n) is 8.06. The number of pyridine rings is 1. The number of carbonyl (C=O) groups excluding carboxylic acids is 1. The van der Waals surface area contributed by atoms with Crippen molar-refractivity contribution in [1.82, 2.24) is 19.7 Å². The molecule has 2 aliphatic rings. The lowest BCUT2D eigenvalue weighted by Crippen LogP contribution is -2.48. The van der Waals surface area contributed by atoms with E-state index in [-0.39, 0.29) is 11.5 Å². The van der Waals surface area contributed by atoms with E-state index in [1.807, 2.05) is 13.0 Å². The summed E-state index contributed by atoms with van der Waals surface area (Å²) in [6.45, 7) is 7.27. The minimum atomic E-state index is -0.130. The number of piperazine rings is 1. The summed E-state index contributed by atoms with van der Waals surface area (Å²) in [5.41, 5.74) is 2.42. The molecule has 3 rings (SSSR count). The average Bonchev–Trinajstić information content (AvgIpc) is 2.54. The minimum Gasteiger partial charge on any atom is -0.336 e. The van der Waals surface area contributed by atoms with Crippen LogP contribution >= 0.6 is 0 Å². The van der Waals surface area contributed by atoms with Crippen molar-refractivity contribution in [2.45, 2.75) is 26.4 Å². The van der Waals surface area contributed by atoms with Gasteiger partial charge in [0.2, 0.25) is 0 Å². The van der Waals surface area contributed by atoms with Crippen molar-refractivity contribution >= 4 is 5.91 Å². The van der Waals surface area contributed by atoms with Gasteiger partial charge in [-0.1, -0.05) is 0 Å². The van der Waals surface area contributed by atoms with E-state index < -0.39 is 0 Å². The molecule has 1 aromatic rings. The lowest BCUT2D eigenvalue weighted by atomic mass is 10.0. The van der Waals surface area contributed by atoms with E-state index in [1.54, 1.807) is 9.47 Å². The fourth-order valence-electron chi connectivity index (χ4n) is 3.39. The third-order valence-corrected chi connectivity index (χ3v) is 4.61. The van der Waals surface area contributed by atoms with Crippen LogP contribution in [0.15, 0.2) is 10.9 Å². The summed E-state index contributed by atoms with van der Waals surface area (Å²) < 4.78 is 1.79. The molecule has 0 spiro atoms. The van der Waals surface area contributed by atoms with Crippen LogP contribution in [-0.4, -0.2) is 60.0 Å². The van der Waals surface area contributed by atoms with Crippen molar-refractivity contribution in [3.63, 3.8) is 0 Å². The van der Waals surface area contributed by atoms with E-state index in [2.05, 4.69) is 17.3 Å². The van der Waals surface area contributed by atoms with Crippen LogP contribution in [0.2, 0.25) is 0 Å². The predicted octanol–water partition coefficient (Wildman–Crippen LogP) is -0.0985. The van der Waals surface area contributed by atoms with Gasteiger partial charge in [0.25, 0.3) is 11.5 Å². The first kappa shape index (κ1) is 15.2. The largest absolute Gasteiger partial charge is 0.336 e. The molecular formula is C16H24N4O2. The summed E-state index contributed by atoms with van der Waals surface area (Å²) in [6, 6.07) is 1.84. The van der Waals surface area contributed by atoms with Gasteiger partial charge in [0.05, 0.1) is 0 Å². The first-order valence-corrected chi connectivity index (χ1v) is 8.06. The van der Waals surface area contributed by atoms with E-state index in [4.69, 9.17) is 0 Å². The Balaban J connectivity index is 2.02. The van der Waals surface area contributed by atoms with E-state index in [1.165, 1.54) is 0 Å². The highest BCUT2D eigenvalue weighted by molar-refractivity contribution is 5.94. The Morgan fingerprint density at radius 1 is 1.27 bits per heavy atom. The van der Waals surface area contributed by atoms with Gasteiger partial charge in [-0.25, -0.2) is 0 Å². The van der Waals surface area contributed by atoms with Crippen LogP contribution in [0.3, 0.4) is 0 Å². The van der Waals surface area contributed by atoms with E-state index >= 15 is 0 Å². The molecule has 1 aromatic heterocycles. The second-order valence-corrected chi connectivity index (χ2v) is 6.11. The second kappa shape index (κ2) is 6.22. The molecule has 0 aliphatic carbocycles. The standard InChI is InChI=1S/C16H24N4O2/c1-3-20-14-4-7-18(2)11-12(14)10-13(16(20)22)15(21)19-8-5-17-6-9-19/h10,17H,3-9,11H2,1-2H3. The molecule has 1 saturated heterocycles. The van der Waals surface area contributed by atoms with Crippen LogP contribution in [0.5, 0.6) is 0 Å². The SMILES string of the molecule is CCn1c2c(cc(C(=O)N3CCNCC3)c1=O)CN(C)CC2. The van der Waals surface area contributed by atoms with Crippen molar-refractivity contribution in [2.24, 2.45) is 0 Å². The lowest BCUT2D eigenvalue weighted by molar-refractivity contribution is 0.0733. The van der Waals surface area contributed by atoms with Crippen LogP contribution in [0.1, 0.15) is 28.5 Å². The Hall–Kier alpha value is -1.66. The number of likely N-dealkylation sites (N-methyl/N-ethyl adjacent to an activating group) is 1. The van der Waals surface area contributed by atoms with Gasteiger partial charge < -0.3 is 19.7 Å². The van der Waals surface area contributed by atoms with Gasteiger partial charge in [-0.2, -0.15) is 0 Å². The molecule has 0 atom stereocenters. The van der Waals surface area contributed by atoms with Crippen molar-refractivity contribution < 1.29 is 4.79 Å². The fourth-order valence-corrected chi connectivity index (χ4v) is 3.39. The second-order valence-electron chi connectivity index (χ2n) is 6.11. The maximum atomic E-state index is 12.7. The molecule has 0 unspecified atom stereocenters. The maximum absolute atomic E-state index is 12.7. The minimum absolute atomic E-state index is 0.121. The normalized spacial score (nSPS) is 19.1. The number of hydrogen-bond acceptors (Lipinski definition) is 4. The average molecular weight is 304 g/mol. The number of aromatic nitrogens is 1. The molecule has 6 heteroatoms. The monoisotopic (exact) mass is 304 g/mol. The van der Waals surface area contributed by atoms with Crippen LogP contribution in [0.25, 0.3) is 0 Å². The number of amides is 1. The third-order valence-electron chi connectivity index (χ3n) is 4.61. The lowest BCUT2D eigenvalue weighted by Gasteiger charge is -2.30. The molecule has 0 bridgehead atoms. The van der Waals surface area contributed by atoms with Crippen molar-refractivity contribution in [1.29, 1.82) is 0 Å². The molecule has 0 aromatic carbocycles. The van der Waals surface area contributed by atoms with Crippen LogP contribution < -0.4 is 10.9 Å². The zero-order chi connectivity index (χ0) is 15.7. The highest BCUT2D eigenvalue weighted by atomic mass is 16.2. The Morgan fingerprint density at radius 3 is 2.68 bits per heavy atom. The highest BCUT2D eigenvalue weighted by Crippen LogP contribution is 2.18. The van der Waals surface area contributed by atoms with E-state index in [9.17, 15) is 9.59 Å². The van der Waals surface area contributed by atoms with Gasteiger partial charge in [-0.3, -0.25) is 9.59 Å². The smallest absolute Gasteiger partial charge is 0.263 e. The Morgan fingerprint density at radius 2 is 2.00 bits per heavy atom. The summed E-state index contributed by atoms with van der Waals surface area (Å²) in [6.07, 6.45) is 0.872. The van der Waals surface area contributed by atoms with Crippen molar-refractivity contribution in [3.8, 4) is 0 Å². The zero-order valence-corrected chi connectivity index (χ0v) is 13.4. The summed E-state index contributed by atoms with van der Waals surface area (Å²) in [7, 11) is 2.07. The molecule has 6 nitrogen and oxygen atoms in total.